The number of aromatic nitrogens is 2. The second-order valence-corrected chi connectivity index (χ2v) is 5.71. The van der Waals surface area contributed by atoms with E-state index in [0.717, 1.165) is 22.4 Å². The van der Waals surface area contributed by atoms with Gasteiger partial charge in [0.05, 0.1) is 16.1 Å². The Labute approximate surface area is 142 Å². The molecule has 24 heavy (non-hydrogen) atoms. The van der Waals surface area contributed by atoms with E-state index in [1.165, 1.54) is 12.1 Å². The summed E-state index contributed by atoms with van der Waals surface area (Å²) in [5.41, 5.74) is 2.86. The highest BCUT2D eigenvalue weighted by molar-refractivity contribution is 6.30. The molecule has 0 bridgehead atoms. The minimum absolute atomic E-state index is 0.0718. The lowest BCUT2D eigenvalue weighted by Gasteiger charge is -2.06. The lowest BCUT2D eigenvalue weighted by atomic mass is 10.2. The van der Waals surface area contributed by atoms with Crippen LogP contribution in [0.4, 0.5) is 4.39 Å². The van der Waals surface area contributed by atoms with Crippen LogP contribution in [0.15, 0.2) is 66.7 Å². The fourth-order valence-corrected chi connectivity index (χ4v) is 2.56. The average Bonchev–Trinajstić information content (AvgIpc) is 3.03. The number of benzene rings is 3. The van der Waals surface area contributed by atoms with E-state index in [4.69, 9.17) is 16.3 Å². The van der Waals surface area contributed by atoms with E-state index in [2.05, 4.69) is 9.97 Å². The predicted molar refractivity (Wildman–Crippen MR) is 93.0 cm³/mol. The first-order valence-electron chi connectivity index (χ1n) is 7.37. The molecule has 5 heteroatoms. The zero-order chi connectivity index (χ0) is 16.5. The highest BCUT2D eigenvalue weighted by atomic mass is 35.5. The number of hydrogen-bond donors (Lipinski definition) is 1. The number of halogens is 2. The third-order valence-corrected chi connectivity index (χ3v) is 3.95. The van der Waals surface area contributed by atoms with E-state index in [1.54, 1.807) is 6.07 Å². The van der Waals surface area contributed by atoms with E-state index in [0.29, 0.717) is 11.5 Å². The second-order valence-electron chi connectivity index (χ2n) is 5.30. The molecule has 0 unspecified atom stereocenters. The molecule has 0 spiro atoms. The molecule has 1 aromatic heterocycles. The zero-order valence-electron chi connectivity index (χ0n) is 12.5. The maximum absolute atomic E-state index is 13.4. The van der Waals surface area contributed by atoms with Crippen molar-refractivity contribution in [2.24, 2.45) is 0 Å². The predicted octanol–water partition coefficient (Wildman–Crippen LogP) is 5.81. The summed E-state index contributed by atoms with van der Waals surface area (Å²) < 4.78 is 19.1. The molecular weight excluding hydrogens is 327 g/mol. The van der Waals surface area contributed by atoms with E-state index in [9.17, 15) is 4.39 Å². The Bertz CT molecular complexity index is 978. The van der Waals surface area contributed by atoms with Crippen molar-refractivity contribution in [3.63, 3.8) is 0 Å². The summed E-state index contributed by atoms with van der Waals surface area (Å²) >= 11 is 5.66. The van der Waals surface area contributed by atoms with Crippen LogP contribution in [0.25, 0.3) is 22.4 Å². The SMILES string of the molecule is Fc1cc(Oc2ccc(-c3nc4ccccc4[nH]3)cc2)ccc1Cl. The molecule has 0 radical (unpaired) electrons. The van der Waals surface area contributed by atoms with Crippen molar-refractivity contribution in [1.29, 1.82) is 0 Å². The van der Waals surface area contributed by atoms with Crippen LogP contribution in [-0.4, -0.2) is 9.97 Å². The molecule has 0 amide bonds. The minimum Gasteiger partial charge on any atom is -0.457 e. The lowest BCUT2D eigenvalue weighted by Crippen LogP contribution is -1.87. The Morgan fingerprint density at radius 2 is 1.67 bits per heavy atom. The second kappa shape index (κ2) is 5.98. The number of rotatable bonds is 3. The topological polar surface area (TPSA) is 37.9 Å². The van der Waals surface area contributed by atoms with Crippen LogP contribution in [0.2, 0.25) is 5.02 Å². The number of fused-ring (bicyclic) bond motifs is 1. The fourth-order valence-electron chi connectivity index (χ4n) is 2.45. The number of H-pyrrole nitrogens is 1. The van der Waals surface area contributed by atoms with Crippen LogP contribution in [0.5, 0.6) is 11.5 Å². The van der Waals surface area contributed by atoms with Crippen LogP contribution < -0.4 is 4.74 Å². The molecule has 4 rings (SSSR count). The summed E-state index contributed by atoms with van der Waals surface area (Å²) in [7, 11) is 0. The van der Waals surface area contributed by atoms with Crippen molar-refractivity contribution in [2.75, 3.05) is 0 Å². The van der Waals surface area contributed by atoms with E-state index < -0.39 is 5.82 Å². The number of nitrogens with one attached hydrogen (secondary N) is 1. The van der Waals surface area contributed by atoms with Gasteiger partial charge in [0, 0.05) is 11.6 Å². The first-order chi connectivity index (χ1) is 11.7. The molecule has 0 saturated carbocycles. The summed E-state index contributed by atoms with van der Waals surface area (Å²) in [6, 6.07) is 19.6. The lowest BCUT2D eigenvalue weighted by molar-refractivity contribution is 0.477. The van der Waals surface area contributed by atoms with Gasteiger partial charge < -0.3 is 9.72 Å². The van der Waals surface area contributed by atoms with Crippen molar-refractivity contribution in [3.05, 3.63) is 77.6 Å². The smallest absolute Gasteiger partial charge is 0.145 e. The van der Waals surface area contributed by atoms with Crippen LogP contribution >= 0.6 is 11.6 Å². The minimum atomic E-state index is -0.506. The first-order valence-corrected chi connectivity index (χ1v) is 7.75. The van der Waals surface area contributed by atoms with Crippen molar-refractivity contribution >= 4 is 22.6 Å². The summed E-state index contributed by atoms with van der Waals surface area (Å²) in [6.07, 6.45) is 0. The Kier molecular flexibility index (Phi) is 3.67. The third kappa shape index (κ3) is 2.84. The molecule has 0 aliphatic carbocycles. The largest absolute Gasteiger partial charge is 0.457 e. The molecule has 0 atom stereocenters. The number of imidazole rings is 1. The highest BCUT2D eigenvalue weighted by Gasteiger charge is 2.06. The molecule has 1 heterocycles. The molecule has 3 aromatic carbocycles. The fraction of sp³-hybridized carbons (Fsp3) is 0. The van der Waals surface area contributed by atoms with E-state index in [1.807, 2.05) is 48.5 Å². The Balaban J connectivity index is 1.58. The molecule has 1 N–H and O–H groups in total. The molecule has 0 fully saturated rings. The van der Waals surface area contributed by atoms with E-state index >= 15 is 0 Å². The Hall–Kier alpha value is -2.85. The quantitative estimate of drug-likeness (QED) is 0.511. The van der Waals surface area contributed by atoms with Gasteiger partial charge in [-0.1, -0.05) is 23.7 Å². The van der Waals surface area contributed by atoms with Gasteiger partial charge in [0.1, 0.15) is 23.1 Å². The molecule has 4 aromatic rings. The van der Waals surface area contributed by atoms with Gasteiger partial charge in [0.25, 0.3) is 0 Å². The number of para-hydroxylation sites is 2. The molecular formula is C19H12ClFN2O. The van der Waals surface area contributed by atoms with Gasteiger partial charge in [-0.3, -0.25) is 0 Å². The van der Waals surface area contributed by atoms with Crippen LogP contribution in [0, 0.1) is 5.82 Å². The van der Waals surface area contributed by atoms with Crippen LogP contribution in [0.3, 0.4) is 0 Å². The van der Waals surface area contributed by atoms with Gasteiger partial charge in [-0.15, -0.1) is 0 Å². The van der Waals surface area contributed by atoms with Gasteiger partial charge in [0.2, 0.25) is 0 Å². The molecule has 3 nitrogen and oxygen atoms in total. The van der Waals surface area contributed by atoms with Crippen molar-refractivity contribution < 1.29 is 9.13 Å². The standard InChI is InChI=1S/C19H12ClFN2O/c20-15-10-9-14(11-16(15)21)24-13-7-5-12(6-8-13)19-22-17-3-1-2-4-18(17)23-19/h1-11H,(H,22,23). The van der Waals surface area contributed by atoms with Gasteiger partial charge >= 0.3 is 0 Å². The van der Waals surface area contributed by atoms with Gasteiger partial charge in [0.15, 0.2) is 0 Å². The molecule has 0 aliphatic heterocycles. The molecule has 0 aliphatic rings. The monoisotopic (exact) mass is 338 g/mol. The highest BCUT2D eigenvalue weighted by Crippen LogP contribution is 2.27. The maximum atomic E-state index is 13.4. The van der Waals surface area contributed by atoms with E-state index in [-0.39, 0.29) is 5.02 Å². The number of nitrogens with zero attached hydrogens (tertiary/aromatic N) is 1. The third-order valence-electron chi connectivity index (χ3n) is 3.64. The number of ether oxygens (including phenoxy) is 1. The summed E-state index contributed by atoms with van der Waals surface area (Å²) in [4.78, 5) is 7.84. The Morgan fingerprint density at radius 1 is 0.917 bits per heavy atom. The molecule has 118 valence electrons. The maximum Gasteiger partial charge on any atom is 0.145 e. The normalized spacial score (nSPS) is 10.9. The zero-order valence-corrected chi connectivity index (χ0v) is 13.2. The summed E-state index contributed by atoms with van der Waals surface area (Å²) in [5, 5.41) is 0.0718. The van der Waals surface area contributed by atoms with Crippen molar-refractivity contribution in [1.82, 2.24) is 9.97 Å². The van der Waals surface area contributed by atoms with Crippen LogP contribution in [0.1, 0.15) is 0 Å². The Morgan fingerprint density at radius 3 is 2.42 bits per heavy atom. The number of hydrogen-bond acceptors (Lipinski definition) is 2. The average molecular weight is 339 g/mol. The molecule has 0 saturated heterocycles. The summed E-state index contributed by atoms with van der Waals surface area (Å²) in [5.74, 6) is 1.29. The number of aromatic amines is 1. The summed E-state index contributed by atoms with van der Waals surface area (Å²) in [6.45, 7) is 0. The van der Waals surface area contributed by atoms with Crippen LogP contribution in [-0.2, 0) is 0 Å². The van der Waals surface area contributed by atoms with Gasteiger partial charge in [-0.2, -0.15) is 0 Å². The first kappa shape index (κ1) is 14.7. The van der Waals surface area contributed by atoms with Gasteiger partial charge in [-0.25, -0.2) is 9.37 Å². The van der Waals surface area contributed by atoms with Gasteiger partial charge in [-0.05, 0) is 48.5 Å². The van der Waals surface area contributed by atoms with Crippen molar-refractivity contribution in [2.45, 2.75) is 0 Å². The van der Waals surface area contributed by atoms with Crippen molar-refractivity contribution in [3.8, 4) is 22.9 Å².